The predicted molar refractivity (Wildman–Crippen MR) is 134 cm³/mol. The maximum absolute atomic E-state index is 10.6. The Labute approximate surface area is 215 Å². The molecule has 10 heteroatoms. The fourth-order valence-corrected chi connectivity index (χ4v) is 4.83. The van der Waals surface area contributed by atoms with Gasteiger partial charge in [0.1, 0.15) is 6.07 Å². The van der Waals surface area contributed by atoms with Gasteiger partial charge < -0.3 is 10.0 Å². The molecule has 1 aromatic carbocycles. The first-order valence-electron chi connectivity index (χ1n) is 12.9. The number of nitrogens with zero attached hydrogens (tertiary/aromatic N) is 5. The summed E-state index contributed by atoms with van der Waals surface area (Å²) in [5.74, 6) is -1.90. The molecular weight excluding hydrogens is 483 g/mol. The second kappa shape index (κ2) is 13.9. The number of aryl methyl sites for hydroxylation is 1. The van der Waals surface area contributed by atoms with Crippen LogP contribution in [-0.4, -0.2) is 64.8 Å². The van der Waals surface area contributed by atoms with E-state index in [-0.39, 0.29) is 0 Å². The van der Waals surface area contributed by atoms with Crippen LogP contribution < -0.4 is 4.90 Å². The van der Waals surface area contributed by atoms with Gasteiger partial charge in [0.05, 0.1) is 0 Å². The Morgan fingerprint density at radius 1 is 1.03 bits per heavy atom. The molecule has 0 atom stereocenters. The van der Waals surface area contributed by atoms with Crippen molar-refractivity contribution in [3.8, 4) is 6.07 Å². The summed E-state index contributed by atoms with van der Waals surface area (Å²) in [6, 6.07) is 15.1. The summed E-state index contributed by atoms with van der Waals surface area (Å²) in [6.07, 6.45) is 4.54. The number of para-hydroxylation sites is 1. The van der Waals surface area contributed by atoms with Gasteiger partial charge in [-0.15, -0.1) is 0 Å². The zero-order valence-corrected chi connectivity index (χ0v) is 21.0. The summed E-state index contributed by atoms with van der Waals surface area (Å²) in [6.45, 7) is 5.47. The number of benzene rings is 1. The van der Waals surface area contributed by atoms with Crippen LogP contribution in [-0.2, 0) is 11.2 Å². The number of piperazine rings is 1. The van der Waals surface area contributed by atoms with E-state index in [0.29, 0.717) is 11.7 Å². The first-order valence-corrected chi connectivity index (χ1v) is 12.9. The lowest BCUT2D eigenvalue weighted by Crippen LogP contribution is -2.46. The number of hydrogen-bond acceptors (Lipinski definition) is 6. The normalized spacial score (nSPS) is 17.3. The Bertz CT molecular complexity index is 1030. The molecule has 0 bridgehead atoms. The van der Waals surface area contributed by atoms with E-state index in [9.17, 15) is 18.4 Å². The molecule has 1 aliphatic carbocycles. The highest BCUT2D eigenvalue weighted by Gasteiger charge is 2.38. The number of rotatable bonds is 6. The lowest BCUT2D eigenvalue weighted by Gasteiger charge is -2.36. The Kier molecular flexibility index (Phi) is 10.7. The second-order valence-corrected chi connectivity index (χ2v) is 9.48. The zero-order chi connectivity index (χ0) is 26.7. The summed E-state index contributed by atoms with van der Waals surface area (Å²) in [7, 11) is 0. The molecule has 0 radical (unpaired) electrons. The van der Waals surface area contributed by atoms with Crippen LogP contribution >= 0.6 is 0 Å². The maximum atomic E-state index is 10.6. The first kappa shape index (κ1) is 28.4. The van der Waals surface area contributed by atoms with Gasteiger partial charge in [0.25, 0.3) is 0 Å². The maximum Gasteiger partial charge on any atom is 0.490 e. The second-order valence-electron chi connectivity index (χ2n) is 9.48. The lowest BCUT2D eigenvalue weighted by atomic mass is 9.95. The van der Waals surface area contributed by atoms with E-state index in [2.05, 4.69) is 62.2 Å². The Balaban J connectivity index is 0.000000479. The first-order chi connectivity index (χ1) is 17.8. The Morgan fingerprint density at radius 2 is 1.65 bits per heavy atom. The smallest absolute Gasteiger partial charge is 0.475 e. The van der Waals surface area contributed by atoms with Gasteiger partial charge in [0.15, 0.2) is 0 Å². The third-order valence-electron chi connectivity index (χ3n) is 6.82. The Hall–Kier alpha value is -3.19. The number of anilines is 1. The topological polar surface area (TPSA) is 93.4 Å². The molecule has 0 unspecified atom stereocenters. The third kappa shape index (κ3) is 9.32. The molecule has 1 N–H and O–H groups in total. The summed E-state index contributed by atoms with van der Waals surface area (Å²) < 4.78 is 31.7. The molecule has 1 aromatic heterocycles. The minimum Gasteiger partial charge on any atom is -0.475 e. The third-order valence-corrected chi connectivity index (χ3v) is 6.82. The average molecular weight is 518 g/mol. The highest BCUT2D eigenvalue weighted by atomic mass is 19.4. The van der Waals surface area contributed by atoms with Crippen molar-refractivity contribution in [2.45, 2.75) is 63.5 Å². The van der Waals surface area contributed by atoms with Crippen LogP contribution in [0.4, 0.5) is 18.9 Å². The molecule has 1 saturated carbocycles. The Morgan fingerprint density at radius 3 is 2.22 bits per heavy atom. The van der Waals surface area contributed by atoms with E-state index in [4.69, 9.17) is 9.90 Å². The molecule has 7 nitrogen and oxygen atoms in total. The van der Waals surface area contributed by atoms with Crippen LogP contribution in [0.2, 0.25) is 0 Å². The molecule has 2 fully saturated rings. The monoisotopic (exact) mass is 517 g/mol. The van der Waals surface area contributed by atoms with Crippen LogP contribution in [0.5, 0.6) is 0 Å². The van der Waals surface area contributed by atoms with Gasteiger partial charge in [0, 0.05) is 49.2 Å². The van der Waals surface area contributed by atoms with Crippen molar-refractivity contribution in [1.82, 2.24) is 14.9 Å². The molecule has 200 valence electrons. The van der Waals surface area contributed by atoms with Crippen molar-refractivity contribution in [1.29, 1.82) is 5.26 Å². The predicted octanol–water partition coefficient (Wildman–Crippen LogP) is 5.17. The van der Waals surface area contributed by atoms with Crippen molar-refractivity contribution in [3.63, 3.8) is 0 Å². The van der Waals surface area contributed by atoms with Crippen molar-refractivity contribution < 1.29 is 23.1 Å². The molecule has 2 aromatic rings. The van der Waals surface area contributed by atoms with Gasteiger partial charge in [-0.1, -0.05) is 43.9 Å². The van der Waals surface area contributed by atoms with Crippen LogP contribution in [0.1, 0.15) is 68.1 Å². The number of halogens is 3. The highest BCUT2D eigenvalue weighted by Crippen LogP contribution is 2.31. The van der Waals surface area contributed by atoms with Crippen LogP contribution in [0.15, 0.2) is 36.4 Å². The van der Waals surface area contributed by atoms with Gasteiger partial charge >= 0.3 is 12.1 Å². The number of aliphatic carboxylic acids is 1. The summed E-state index contributed by atoms with van der Waals surface area (Å²) in [5, 5.41) is 16.5. The molecule has 37 heavy (non-hydrogen) atoms. The van der Waals surface area contributed by atoms with Crippen molar-refractivity contribution >= 4 is 11.7 Å². The molecule has 2 heterocycles. The van der Waals surface area contributed by atoms with E-state index >= 15 is 0 Å². The standard InChI is InChI=1S/C25H33N5.C2HF3O2/c26-20-25-27-22(19-24(28-25)21-9-4-1-2-5-10-21)11-8-14-29-15-17-30(18-16-29)23-12-6-3-7-13-23;3-2(4,5)1(6)7/h3,6-7,12-13,19,21H,1-2,4-5,8-11,14-18H2;(H,6,7). The molecule has 0 spiro atoms. The number of nitriles is 1. The van der Waals surface area contributed by atoms with Crippen molar-refractivity contribution in [2.75, 3.05) is 37.6 Å². The highest BCUT2D eigenvalue weighted by molar-refractivity contribution is 5.73. The van der Waals surface area contributed by atoms with Gasteiger partial charge in [0.2, 0.25) is 5.82 Å². The molecule has 0 amide bonds. The van der Waals surface area contributed by atoms with Gasteiger partial charge in [-0.3, -0.25) is 4.90 Å². The number of carboxylic acids is 1. The van der Waals surface area contributed by atoms with Crippen LogP contribution in [0, 0.1) is 11.3 Å². The van der Waals surface area contributed by atoms with E-state index in [0.717, 1.165) is 57.0 Å². The largest absolute Gasteiger partial charge is 0.490 e. The van der Waals surface area contributed by atoms with Crippen LogP contribution in [0.25, 0.3) is 0 Å². The van der Waals surface area contributed by atoms with Gasteiger partial charge in [-0.25, -0.2) is 14.8 Å². The van der Waals surface area contributed by atoms with E-state index < -0.39 is 12.1 Å². The van der Waals surface area contributed by atoms with E-state index in [1.165, 1.54) is 44.2 Å². The number of carboxylic acid groups (broad SMARTS) is 1. The zero-order valence-electron chi connectivity index (χ0n) is 21.0. The van der Waals surface area contributed by atoms with Crippen molar-refractivity contribution in [2.24, 2.45) is 0 Å². The quantitative estimate of drug-likeness (QED) is 0.528. The fourth-order valence-electron chi connectivity index (χ4n) is 4.83. The summed E-state index contributed by atoms with van der Waals surface area (Å²) in [4.78, 5) is 23.0. The van der Waals surface area contributed by atoms with Crippen molar-refractivity contribution in [3.05, 3.63) is 53.6 Å². The SMILES string of the molecule is N#Cc1nc(CCCN2CCN(c3ccccc3)CC2)cc(C2CCCCCC2)n1.O=C(O)C(F)(F)F. The minimum atomic E-state index is -5.08. The number of alkyl halides is 3. The van der Waals surface area contributed by atoms with E-state index in [1.54, 1.807) is 0 Å². The number of carbonyl (C=O) groups is 1. The average Bonchev–Trinajstić information content (AvgIpc) is 3.19. The minimum absolute atomic E-state index is 0.350. The molecule has 1 saturated heterocycles. The van der Waals surface area contributed by atoms with E-state index in [1.807, 2.05) is 0 Å². The van der Waals surface area contributed by atoms with Gasteiger partial charge in [-0.2, -0.15) is 18.4 Å². The van der Waals surface area contributed by atoms with Gasteiger partial charge in [-0.05, 0) is 50.4 Å². The summed E-state index contributed by atoms with van der Waals surface area (Å²) in [5.41, 5.74) is 3.48. The van der Waals surface area contributed by atoms with Crippen LogP contribution in [0.3, 0.4) is 0 Å². The molecule has 4 rings (SSSR count). The summed E-state index contributed by atoms with van der Waals surface area (Å²) >= 11 is 0. The molecule has 2 aliphatic rings. The fraction of sp³-hybridized carbons (Fsp3) is 0.556. The number of aromatic nitrogens is 2. The lowest BCUT2D eigenvalue weighted by molar-refractivity contribution is -0.192. The molecule has 1 aliphatic heterocycles. The molecular formula is C27H34F3N5O2. The number of hydrogen-bond donors (Lipinski definition) is 1.